The van der Waals surface area contributed by atoms with Crippen LogP contribution in [0.15, 0.2) is 34.9 Å². The van der Waals surface area contributed by atoms with Crippen LogP contribution in [0, 0.1) is 0 Å². The number of amides is 1. The third-order valence-electron chi connectivity index (χ3n) is 3.63. The average molecular weight is 325 g/mol. The molecule has 1 aliphatic heterocycles. The van der Waals surface area contributed by atoms with E-state index in [-0.39, 0.29) is 0 Å². The first-order chi connectivity index (χ1) is 10.8. The van der Waals surface area contributed by atoms with Gasteiger partial charge in [0.25, 0.3) is 5.91 Å². The highest BCUT2D eigenvalue weighted by atomic mass is 19.4. The lowest BCUT2D eigenvalue weighted by atomic mass is 10.1. The van der Waals surface area contributed by atoms with E-state index < -0.39 is 23.4 Å². The Morgan fingerprint density at radius 3 is 2.22 bits per heavy atom. The molecule has 1 heterocycles. The molecule has 0 aliphatic carbocycles. The summed E-state index contributed by atoms with van der Waals surface area (Å²) in [6.07, 6.45) is -3.43. The summed E-state index contributed by atoms with van der Waals surface area (Å²) in [6, 6.07) is 7.04. The number of alkyl halides is 3. The van der Waals surface area contributed by atoms with Gasteiger partial charge in [-0.05, 0) is 37.6 Å². The quantitative estimate of drug-likeness (QED) is 0.796. The van der Waals surface area contributed by atoms with Gasteiger partial charge in [-0.15, -0.1) is 0 Å². The van der Waals surface area contributed by atoms with Crippen LogP contribution in [-0.2, 0) is 4.79 Å². The topological polar surface area (TPSA) is 35.9 Å². The Hall–Kier alpha value is -2.31. The van der Waals surface area contributed by atoms with E-state index in [4.69, 9.17) is 0 Å². The lowest BCUT2D eigenvalue weighted by molar-refractivity contribution is -0.124. The third-order valence-corrected chi connectivity index (χ3v) is 3.63. The summed E-state index contributed by atoms with van der Waals surface area (Å²) in [7, 11) is 1.21. The van der Waals surface area contributed by atoms with E-state index >= 15 is 0 Å². The number of hydrogen-bond acceptors (Lipinski definition) is 3. The zero-order chi connectivity index (χ0) is 17.2. The number of halogens is 3. The van der Waals surface area contributed by atoms with Gasteiger partial charge >= 0.3 is 6.18 Å². The van der Waals surface area contributed by atoms with Crippen molar-refractivity contribution in [2.45, 2.75) is 20.0 Å². The van der Waals surface area contributed by atoms with Crippen molar-refractivity contribution >= 4 is 23.4 Å². The number of nitrogens with zero attached hydrogens (tertiary/aromatic N) is 3. The SMILES string of the molecule is CCN(CC)c1ccc(C=C2C(=O)N(C)N=C2C(F)(F)F)cc1. The Balaban J connectivity index is 2.34. The van der Waals surface area contributed by atoms with Gasteiger partial charge in [0.1, 0.15) is 0 Å². The molecule has 0 N–H and O–H groups in total. The summed E-state index contributed by atoms with van der Waals surface area (Å²) < 4.78 is 38.9. The highest BCUT2D eigenvalue weighted by molar-refractivity contribution is 6.29. The van der Waals surface area contributed by atoms with E-state index in [9.17, 15) is 18.0 Å². The van der Waals surface area contributed by atoms with Gasteiger partial charge in [0.05, 0.1) is 5.57 Å². The molecule has 0 unspecified atom stereocenters. The predicted octanol–water partition coefficient (Wildman–Crippen LogP) is 3.31. The first-order valence-electron chi connectivity index (χ1n) is 7.28. The molecule has 0 spiro atoms. The van der Waals surface area contributed by atoms with Crippen LogP contribution in [0.3, 0.4) is 0 Å². The van der Waals surface area contributed by atoms with Gasteiger partial charge in [-0.25, -0.2) is 5.01 Å². The summed E-state index contributed by atoms with van der Waals surface area (Å²) in [4.78, 5) is 14.0. The molecule has 2 rings (SSSR count). The van der Waals surface area contributed by atoms with Gasteiger partial charge in [-0.1, -0.05) is 12.1 Å². The minimum absolute atomic E-state index is 0.435. The first-order valence-corrected chi connectivity index (χ1v) is 7.28. The van der Waals surface area contributed by atoms with Gasteiger partial charge in [-0.3, -0.25) is 4.79 Å². The van der Waals surface area contributed by atoms with Crippen molar-refractivity contribution in [3.05, 3.63) is 35.4 Å². The Morgan fingerprint density at radius 1 is 1.17 bits per heavy atom. The van der Waals surface area contributed by atoms with Crippen molar-refractivity contribution in [1.82, 2.24) is 5.01 Å². The molecule has 1 aromatic carbocycles. The van der Waals surface area contributed by atoms with E-state index in [1.54, 1.807) is 12.1 Å². The molecule has 1 aromatic rings. The van der Waals surface area contributed by atoms with E-state index in [1.807, 2.05) is 26.0 Å². The smallest absolute Gasteiger partial charge is 0.372 e. The standard InChI is InChI=1S/C16H18F3N3O/c1-4-22(5-2)12-8-6-11(7-9-12)10-13-14(16(17,18)19)20-21(3)15(13)23/h6-10H,4-5H2,1-3H3. The fourth-order valence-corrected chi connectivity index (χ4v) is 2.40. The fraction of sp³-hybridized carbons (Fsp3) is 0.375. The van der Waals surface area contributed by atoms with Crippen LogP contribution in [0.5, 0.6) is 0 Å². The lowest BCUT2D eigenvalue weighted by Crippen LogP contribution is -2.24. The summed E-state index contributed by atoms with van der Waals surface area (Å²) in [5.74, 6) is -0.759. The van der Waals surface area contributed by atoms with Gasteiger partial charge in [0, 0.05) is 25.8 Å². The van der Waals surface area contributed by atoms with Crippen LogP contribution in [-0.4, -0.2) is 42.9 Å². The first kappa shape index (κ1) is 17.1. The number of benzene rings is 1. The van der Waals surface area contributed by atoms with Crippen molar-refractivity contribution in [1.29, 1.82) is 0 Å². The van der Waals surface area contributed by atoms with Gasteiger partial charge in [-0.2, -0.15) is 18.3 Å². The van der Waals surface area contributed by atoms with E-state index in [0.717, 1.165) is 18.8 Å². The fourth-order valence-electron chi connectivity index (χ4n) is 2.40. The van der Waals surface area contributed by atoms with E-state index in [1.165, 1.54) is 13.1 Å². The molecule has 1 amide bonds. The molecule has 0 saturated carbocycles. The summed E-state index contributed by atoms with van der Waals surface area (Å²) in [5, 5.41) is 4.00. The number of rotatable bonds is 4. The van der Waals surface area contributed by atoms with Crippen LogP contribution >= 0.6 is 0 Å². The molecular weight excluding hydrogens is 307 g/mol. The van der Waals surface area contributed by atoms with Crippen LogP contribution in [0.25, 0.3) is 6.08 Å². The van der Waals surface area contributed by atoms with Gasteiger partial charge in [0.2, 0.25) is 0 Å². The number of hydrogen-bond donors (Lipinski definition) is 0. The number of likely N-dealkylation sites (N-methyl/N-ethyl adjacent to an activating group) is 1. The number of carbonyl (C=O) groups excluding carboxylic acids is 1. The molecule has 7 heteroatoms. The zero-order valence-electron chi connectivity index (χ0n) is 13.2. The van der Waals surface area contributed by atoms with E-state index in [2.05, 4.69) is 10.0 Å². The molecular formula is C16H18F3N3O. The monoisotopic (exact) mass is 325 g/mol. The molecule has 0 bridgehead atoms. The van der Waals surface area contributed by atoms with Crippen molar-refractivity contribution < 1.29 is 18.0 Å². The van der Waals surface area contributed by atoms with Crippen molar-refractivity contribution in [2.75, 3.05) is 25.0 Å². The zero-order valence-corrected chi connectivity index (χ0v) is 13.2. The van der Waals surface area contributed by atoms with Crippen molar-refractivity contribution in [3.8, 4) is 0 Å². The second kappa shape index (κ2) is 6.44. The number of carbonyl (C=O) groups is 1. The normalized spacial score (nSPS) is 17.0. The Labute approximate surface area is 132 Å². The Morgan fingerprint density at radius 2 is 1.74 bits per heavy atom. The Bertz CT molecular complexity index is 644. The molecule has 0 saturated heterocycles. The predicted molar refractivity (Wildman–Crippen MR) is 84.2 cm³/mol. The maximum absolute atomic E-state index is 13.0. The van der Waals surface area contributed by atoms with Crippen LogP contribution in [0.2, 0.25) is 0 Å². The lowest BCUT2D eigenvalue weighted by Gasteiger charge is -2.20. The molecule has 1 aliphatic rings. The summed E-state index contributed by atoms with van der Waals surface area (Å²) in [5.41, 5.74) is -0.0818. The molecule has 4 nitrogen and oxygen atoms in total. The summed E-state index contributed by atoms with van der Waals surface area (Å²) >= 11 is 0. The van der Waals surface area contributed by atoms with Gasteiger partial charge < -0.3 is 4.90 Å². The van der Waals surface area contributed by atoms with Gasteiger partial charge in [0.15, 0.2) is 5.71 Å². The molecule has 0 fully saturated rings. The molecule has 124 valence electrons. The minimum atomic E-state index is -4.66. The van der Waals surface area contributed by atoms with Crippen LogP contribution in [0.1, 0.15) is 19.4 Å². The second-order valence-corrected chi connectivity index (χ2v) is 5.10. The molecule has 0 atom stereocenters. The molecule has 0 aromatic heterocycles. The maximum Gasteiger partial charge on any atom is 0.435 e. The molecule has 23 heavy (non-hydrogen) atoms. The second-order valence-electron chi connectivity index (χ2n) is 5.10. The van der Waals surface area contributed by atoms with Crippen LogP contribution in [0.4, 0.5) is 18.9 Å². The summed E-state index contributed by atoms with van der Waals surface area (Å²) in [6.45, 7) is 5.73. The van der Waals surface area contributed by atoms with Crippen molar-refractivity contribution in [2.24, 2.45) is 5.10 Å². The van der Waals surface area contributed by atoms with E-state index in [0.29, 0.717) is 10.6 Å². The number of hydrazone groups is 1. The number of anilines is 1. The van der Waals surface area contributed by atoms with Crippen LogP contribution < -0.4 is 4.90 Å². The average Bonchev–Trinajstić information content (AvgIpc) is 2.78. The highest BCUT2D eigenvalue weighted by Crippen LogP contribution is 2.29. The highest BCUT2D eigenvalue weighted by Gasteiger charge is 2.45. The molecule has 0 radical (unpaired) electrons. The minimum Gasteiger partial charge on any atom is -0.372 e. The Kier molecular flexibility index (Phi) is 4.77. The van der Waals surface area contributed by atoms with Crippen molar-refractivity contribution in [3.63, 3.8) is 0 Å². The maximum atomic E-state index is 13.0. The largest absolute Gasteiger partial charge is 0.435 e. The third kappa shape index (κ3) is 3.55.